The van der Waals surface area contributed by atoms with Crippen molar-refractivity contribution in [3.8, 4) is 0 Å². The molecule has 0 aliphatic heterocycles. The number of para-hydroxylation sites is 1. The number of hydrogen-bond donors (Lipinski definition) is 1. The Hall–Kier alpha value is -1.55. The average Bonchev–Trinajstić information content (AvgIpc) is 2.35. The van der Waals surface area contributed by atoms with Gasteiger partial charge in [-0.3, -0.25) is 4.79 Å². The number of fused-ring (bicyclic) bond motifs is 1. The number of rotatable bonds is 4. The van der Waals surface area contributed by atoms with E-state index in [1.165, 1.54) is 17.3 Å². The molecule has 18 heavy (non-hydrogen) atoms. The number of carbonyl (C=O) groups is 1. The number of primary amides is 1. The molecule has 1 atom stereocenters. The molecule has 0 saturated carbocycles. The van der Waals surface area contributed by atoms with Gasteiger partial charge in [-0.2, -0.15) is 0 Å². The lowest BCUT2D eigenvalue weighted by molar-refractivity contribution is -0.117. The fourth-order valence-corrected chi connectivity index (χ4v) is 2.84. The monoisotopic (exact) mass is 260 g/mol. The van der Waals surface area contributed by atoms with E-state index >= 15 is 0 Å². The topological polar surface area (TPSA) is 56.0 Å². The molecule has 0 aliphatic rings. The molecule has 4 heteroatoms. The van der Waals surface area contributed by atoms with E-state index in [4.69, 9.17) is 5.73 Å². The van der Waals surface area contributed by atoms with Crippen molar-refractivity contribution in [3.63, 3.8) is 0 Å². The first-order valence-electron chi connectivity index (χ1n) is 5.94. The van der Waals surface area contributed by atoms with Gasteiger partial charge in [0.15, 0.2) is 0 Å². The van der Waals surface area contributed by atoms with E-state index in [9.17, 15) is 4.79 Å². The predicted molar refractivity (Wildman–Crippen MR) is 75.6 cm³/mol. The second-order valence-electron chi connectivity index (χ2n) is 4.21. The molecule has 1 aromatic carbocycles. The Morgan fingerprint density at radius 2 is 2.17 bits per heavy atom. The molecule has 0 bridgehead atoms. The van der Waals surface area contributed by atoms with Crippen LogP contribution in [0.4, 0.5) is 0 Å². The minimum atomic E-state index is -0.282. The summed E-state index contributed by atoms with van der Waals surface area (Å²) in [7, 11) is 0. The van der Waals surface area contributed by atoms with Crippen molar-refractivity contribution in [3.05, 3.63) is 35.9 Å². The third-order valence-electron chi connectivity index (χ3n) is 2.85. The first kappa shape index (κ1) is 12.9. The highest BCUT2D eigenvalue weighted by molar-refractivity contribution is 8.00. The standard InChI is InChI=1S/C14H16N2OS/c1-3-12(14(15)17)18-13-8-9(2)10-6-4-5-7-11(10)16-13/h4-8,12H,3H2,1-2H3,(H2,15,17). The van der Waals surface area contributed by atoms with Crippen LogP contribution in [0.15, 0.2) is 35.4 Å². The summed E-state index contributed by atoms with van der Waals surface area (Å²) in [6.07, 6.45) is 0.716. The quantitative estimate of drug-likeness (QED) is 0.860. The maximum atomic E-state index is 11.3. The van der Waals surface area contributed by atoms with E-state index in [2.05, 4.69) is 18.0 Å². The van der Waals surface area contributed by atoms with Crippen molar-refractivity contribution >= 4 is 28.6 Å². The first-order chi connectivity index (χ1) is 8.61. The summed E-state index contributed by atoms with van der Waals surface area (Å²) in [5.74, 6) is -0.282. The smallest absolute Gasteiger partial charge is 0.230 e. The van der Waals surface area contributed by atoms with Crippen LogP contribution in [0.5, 0.6) is 0 Å². The minimum absolute atomic E-state index is 0.210. The van der Waals surface area contributed by atoms with Gasteiger partial charge in [-0.15, -0.1) is 0 Å². The number of hydrogen-bond acceptors (Lipinski definition) is 3. The Balaban J connectivity index is 2.37. The molecule has 1 amide bonds. The molecule has 1 unspecified atom stereocenters. The van der Waals surface area contributed by atoms with Crippen molar-refractivity contribution in [2.75, 3.05) is 0 Å². The van der Waals surface area contributed by atoms with Crippen molar-refractivity contribution < 1.29 is 4.79 Å². The van der Waals surface area contributed by atoms with Gasteiger partial charge in [-0.25, -0.2) is 4.98 Å². The SMILES string of the molecule is CCC(Sc1cc(C)c2ccccc2n1)C(N)=O. The lowest BCUT2D eigenvalue weighted by Crippen LogP contribution is -2.24. The summed E-state index contributed by atoms with van der Waals surface area (Å²) in [5, 5.41) is 1.80. The summed E-state index contributed by atoms with van der Waals surface area (Å²) in [6, 6.07) is 10.0. The Kier molecular flexibility index (Phi) is 3.87. The van der Waals surface area contributed by atoms with Gasteiger partial charge in [0.05, 0.1) is 15.8 Å². The molecule has 3 nitrogen and oxygen atoms in total. The van der Waals surface area contributed by atoms with Crippen molar-refractivity contribution in [1.29, 1.82) is 0 Å². The fourth-order valence-electron chi connectivity index (χ4n) is 1.87. The van der Waals surface area contributed by atoms with Crippen LogP contribution in [0.2, 0.25) is 0 Å². The number of carbonyl (C=O) groups excluding carboxylic acids is 1. The van der Waals surface area contributed by atoms with Crippen LogP contribution in [-0.2, 0) is 4.79 Å². The van der Waals surface area contributed by atoms with E-state index in [1.807, 2.05) is 31.2 Å². The van der Waals surface area contributed by atoms with E-state index in [0.717, 1.165) is 15.9 Å². The van der Waals surface area contributed by atoms with E-state index in [0.29, 0.717) is 6.42 Å². The number of amides is 1. The second kappa shape index (κ2) is 5.40. The molecule has 94 valence electrons. The molecular formula is C14H16N2OS. The van der Waals surface area contributed by atoms with E-state index in [1.54, 1.807) is 0 Å². The van der Waals surface area contributed by atoms with Crippen molar-refractivity contribution in [2.45, 2.75) is 30.5 Å². The average molecular weight is 260 g/mol. The third-order valence-corrected chi connectivity index (χ3v) is 4.15. The van der Waals surface area contributed by atoms with E-state index in [-0.39, 0.29) is 11.2 Å². The van der Waals surface area contributed by atoms with Crippen molar-refractivity contribution in [1.82, 2.24) is 4.98 Å². The second-order valence-corrected chi connectivity index (χ2v) is 5.43. The maximum absolute atomic E-state index is 11.3. The maximum Gasteiger partial charge on any atom is 0.230 e. The zero-order valence-electron chi connectivity index (χ0n) is 10.5. The predicted octanol–water partition coefficient (Wildman–Crippen LogP) is 2.90. The van der Waals surface area contributed by atoms with Gasteiger partial charge in [0, 0.05) is 5.39 Å². The van der Waals surface area contributed by atoms with Crippen LogP contribution in [0.25, 0.3) is 10.9 Å². The summed E-state index contributed by atoms with van der Waals surface area (Å²) < 4.78 is 0. The Labute approximate surface area is 111 Å². The summed E-state index contributed by atoms with van der Waals surface area (Å²) in [5.41, 5.74) is 7.48. The molecule has 1 heterocycles. The molecule has 2 N–H and O–H groups in total. The van der Waals surface area contributed by atoms with Gasteiger partial charge >= 0.3 is 0 Å². The third kappa shape index (κ3) is 2.64. The highest BCUT2D eigenvalue weighted by Crippen LogP contribution is 2.27. The summed E-state index contributed by atoms with van der Waals surface area (Å²) >= 11 is 1.44. The Bertz CT molecular complexity index is 583. The zero-order chi connectivity index (χ0) is 13.1. The highest BCUT2D eigenvalue weighted by atomic mass is 32.2. The van der Waals surface area contributed by atoms with Gasteiger partial charge in [0.2, 0.25) is 5.91 Å². The number of nitrogens with two attached hydrogens (primary N) is 1. The highest BCUT2D eigenvalue weighted by Gasteiger charge is 2.15. The fraction of sp³-hybridized carbons (Fsp3) is 0.286. The number of pyridine rings is 1. The van der Waals surface area contributed by atoms with Crippen LogP contribution >= 0.6 is 11.8 Å². The van der Waals surface area contributed by atoms with Crippen LogP contribution in [0, 0.1) is 6.92 Å². The van der Waals surface area contributed by atoms with Gasteiger partial charge in [0.1, 0.15) is 0 Å². The van der Waals surface area contributed by atoms with E-state index < -0.39 is 0 Å². The molecule has 0 aliphatic carbocycles. The normalized spacial score (nSPS) is 12.6. The lowest BCUT2D eigenvalue weighted by Gasteiger charge is -2.11. The van der Waals surface area contributed by atoms with Gasteiger partial charge in [-0.05, 0) is 31.0 Å². The molecule has 1 aromatic heterocycles. The van der Waals surface area contributed by atoms with Crippen LogP contribution in [0.1, 0.15) is 18.9 Å². The summed E-state index contributed by atoms with van der Waals surface area (Å²) in [4.78, 5) is 15.8. The number of benzene rings is 1. The zero-order valence-corrected chi connectivity index (χ0v) is 11.3. The molecule has 2 rings (SSSR count). The van der Waals surface area contributed by atoms with Crippen LogP contribution in [-0.4, -0.2) is 16.1 Å². The molecule has 0 spiro atoms. The van der Waals surface area contributed by atoms with Gasteiger partial charge < -0.3 is 5.73 Å². The summed E-state index contributed by atoms with van der Waals surface area (Å²) in [6.45, 7) is 4.01. The van der Waals surface area contributed by atoms with Crippen LogP contribution in [0.3, 0.4) is 0 Å². The molecular weight excluding hydrogens is 244 g/mol. The minimum Gasteiger partial charge on any atom is -0.369 e. The van der Waals surface area contributed by atoms with Crippen molar-refractivity contribution in [2.24, 2.45) is 5.73 Å². The molecule has 0 fully saturated rings. The van der Waals surface area contributed by atoms with Crippen LogP contribution < -0.4 is 5.73 Å². The number of thioether (sulfide) groups is 1. The Morgan fingerprint density at radius 3 is 2.83 bits per heavy atom. The first-order valence-corrected chi connectivity index (χ1v) is 6.82. The molecule has 2 aromatic rings. The number of aryl methyl sites for hydroxylation is 1. The van der Waals surface area contributed by atoms with Gasteiger partial charge in [0.25, 0.3) is 0 Å². The molecule has 0 radical (unpaired) electrons. The number of nitrogens with zero attached hydrogens (tertiary/aromatic N) is 1. The number of aromatic nitrogens is 1. The molecule has 0 saturated heterocycles. The largest absolute Gasteiger partial charge is 0.369 e. The Morgan fingerprint density at radius 1 is 1.44 bits per heavy atom. The lowest BCUT2D eigenvalue weighted by atomic mass is 10.1. The van der Waals surface area contributed by atoms with Gasteiger partial charge in [-0.1, -0.05) is 36.9 Å².